The van der Waals surface area contributed by atoms with Gasteiger partial charge in [0.15, 0.2) is 9.84 Å². The van der Waals surface area contributed by atoms with Crippen molar-refractivity contribution in [3.05, 3.63) is 63.7 Å². The highest BCUT2D eigenvalue weighted by molar-refractivity contribution is 7.90. The molecule has 0 saturated heterocycles. The lowest BCUT2D eigenvalue weighted by Gasteiger charge is -2.10. The highest BCUT2D eigenvalue weighted by Crippen LogP contribution is 2.22. The smallest absolute Gasteiger partial charge is 0.292 e. The molecule has 0 spiro atoms. The zero-order valence-corrected chi connectivity index (χ0v) is 15.2. The number of nitrogens with one attached hydrogen (secondary N) is 2. The van der Waals surface area contributed by atoms with Crippen LogP contribution in [-0.2, 0) is 9.84 Å². The van der Waals surface area contributed by atoms with Gasteiger partial charge in [0.2, 0.25) is 0 Å². The number of nitrogens with zero attached hydrogens (tertiary/aromatic N) is 1. The minimum absolute atomic E-state index is 0.0458. The third-order valence-corrected chi connectivity index (χ3v) is 4.82. The Kier molecular flexibility index (Phi) is 5.93. The average Bonchev–Trinajstić information content (AvgIpc) is 2.58. The Morgan fingerprint density at radius 3 is 2.50 bits per heavy atom. The van der Waals surface area contributed by atoms with Gasteiger partial charge in [-0.1, -0.05) is 18.2 Å². The van der Waals surface area contributed by atoms with Gasteiger partial charge in [-0.05, 0) is 30.7 Å². The molecule has 9 heteroatoms. The van der Waals surface area contributed by atoms with Crippen LogP contribution < -0.4 is 10.6 Å². The van der Waals surface area contributed by atoms with E-state index in [0.29, 0.717) is 11.3 Å². The number of carbonyl (C=O) groups is 1. The predicted octanol–water partition coefficient (Wildman–Crippen LogP) is 2.15. The molecule has 0 fully saturated rings. The van der Waals surface area contributed by atoms with Gasteiger partial charge in [-0.15, -0.1) is 0 Å². The zero-order chi connectivity index (χ0) is 19.3. The number of amides is 1. The molecule has 26 heavy (non-hydrogen) atoms. The molecule has 2 aromatic carbocycles. The van der Waals surface area contributed by atoms with Crippen LogP contribution in [0.2, 0.25) is 0 Å². The van der Waals surface area contributed by atoms with E-state index < -0.39 is 20.7 Å². The molecule has 1 amide bonds. The minimum atomic E-state index is -3.41. The number of nitro benzene ring substituents is 1. The lowest BCUT2D eigenvalue weighted by Crippen LogP contribution is -2.29. The Labute approximate surface area is 151 Å². The molecule has 8 nitrogen and oxygen atoms in total. The summed E-state index contributed by atoms with van der Waals surface area (Å²) >= 11 is 0. The fourth-order valence-corrected chi connectivity index (χ4v) is 2.97. The van der Waals surface area contributed by atoms with Gasteiger partial charge in [0, 0.05) is 31.0 Å². The molecule has 0 aromatic heterocycles. The van der Waals surface area contributed by atoms with Crippen LogP contribution in [0.3, 0.4) is 0 Å². The standard InChI is InChI=1S/C17H19N3O5S/c1-12-7-8-13(26(2,24)25)11-14(12)17(21)19-10-9-18-15-5-3-4-6-16(15)20(22)23/h3-8,11,18H,9-10H2,1-2H3,(H,19,21). The summed E-state index contributed by atoms with van der Waals surface area (Å²) < 4.78 is 23.3. The summed E-state index contributed by atoms with van der Waals surface area (Å²) in [6, 6.07) is 10.6. The number of rotatable bonds is 7. The minimum Gasteiger partial charge on any atom is -0.378 e. The van der Waals surface area contributed by atoms with Crippen LogP contribution in [0.4, 0.5) is 11.4 Å². The van der Waals surface area contributed by atoms with Crippen molar-refractivity contribution in [3.63, 3.8) is 0 Å². The summed E-state index contributed by atoms with van der Waals surface area (Å²) in [5.41, 5.74) is 1.25. The van der Waals surface area contributed by atoms with E-state index in [4.69, 9.17) is 0 Å². The molecular formula is C17H19N3O5S. The van der Waals surface area contributed by atoms with Crippen LogP contribution >= 0.6 is 0 Å². The fraction of sp³-hybridized carbons (Fsp3) is 0.235. The van der Waals surface area contributed by atoms with Crippen LogP contribution in [0.25, 0.3) is 0 Å². The first-order valence-electron chi connectivity index (χ1n) is 7.76. The Hall–Kier alpha value is -2.94. The number of aryl methyl sites for hydroxylation is 1. The van der Waals surface area contributed by atoms with E-state index in [1.165, 1.54) is 18.2 Å². The van der Waals surface area contributed by atoms with E-state index in [1.54, 1.807) is 31.2 Å². The number of nitro groups is 1. The second kappa shape index (κ2) is 7.96. The van der Waals surface area contributed by atoms with Crippen molar-refractivity contribution in [1.29, 1.82) is 0 Å². The number of sulfone groups is 1. The Morgan fingerprint density at radius 2 is 1.85 bits per heavy atom. The second-order valence-corrected chi connectivity index (χ2v) is 7.72. The van der Waals surface area contributed by atoms with Crippen LogP contribution in [0, 0.1) is 17.0 Å². The van der Waals surface area contributed by atoms with Crippen LogP contribution in [-0.4, -0.2) is 38.6 Å². The molecule has 138 valence electrons. The monoisotopic (exact) mass is 377 g/mol. The number of hydrogen-bond acceptors (Lipinski definition) is 6. The fourth-order valence-electron chi connectivity index (χ4n) is 2.33. The highest BCUT2D eigenvalue weighted by atomic mass is 32.2. The van der Waals surface area contributed by atoms with E-state index in [0.717, 1.165) is 6.26 Å². The van der Waals surface area contributed by atoms with Gasteiger partial charge >= 0.3 is 0 Å². The second-order valence-electron chi connectivity index (χ2n) is 5.71. The largest absolute Gasteiger partial charge is 0.378 e. The van der Waals surface area contributed by atoms with Crippen molar-refractivity contribution < 1.29 is 18.1 Å². The van der Waals surface area contributed by atoms with E-state index >= 15 is 0 Å². The SMILES string of the molecule is Cc1ccc(S(C)(=O)=O)cc1C(=O)NCCNc1ccccc1[N+](=O)[O-]. The maximum Gasteiger partial charge on any atom is 0.292 e. The quantitative estimate of drug-likeness (QED) is 0.434. The summed E-state index contributed by atoms with van der Waals surface area (Å²) in [6.45, 7) is 2.21. The van der Waals surface area contributed by atoms with Gasteiger partial charge in [-0.25, -0.2) is 8.42 Å². The van der Waals surface area contributed by atoms with Crippen LogP contribution in [0.5, 0.6) is 0 Å². The number of para-hydroxylation sites is 2. The van der Waals surface area contributed by atoms with E-state index in [9.17, 15) is 23.3 Å². The summed E-state index contributed by atoms with van der Waals surface area (Å²) in [5, 5.41) is 16.5. The Balaban J connectivity index is 1.99. The van der Waals surface area contributed by atoms with E-state index in [-0.39, 0.29) is 29.2 Å². The van der Waals surface area contributed by atoms with Crippen molar-refractivity contribution in [3.8, 4) is 0 Å². The van der Waals surface area contributed by atoms with Gasteiger partial charge < -0.3 is 10.6 Å². The summed E-state index contributed by atoms with van der Waals surface area (Å²) in [4.78, 5) is 22.8. The molecule has 0 aliphatic carbocycles. The zero-order valence-electron chi connectivity index (χ0n) is 14.4. The molecule has 0 saturated carbocycles. The molecule has 0 aliphatic rings. The number of benzene rings is 2. The van der Waals surface area contributed by atoms with Crippen molar-refractivity contribution in [2.24, 2.45) is 0 Å². The summed E-state index contributed by atoms with van der Waals surface area (Å²) in [5.74, 6) is -0.405. The maximum absolute atomic E-state index is 12.3. The van der Waals surface area contributed by atoms with Crippen molar-refractivity contribution in [2.45, 2.75) is 11.8 Å². The Bertz CT molecular complexity index is 941. The lowest BCUT2D eigenvalue weighted by molar-refractivity contribution is -0.384. The molecule has 0 aliphatic heterocycles. The van der Waals surface area contributed by atoms with Gasteiger partial charge in [0.25, 0.3) is 11.6 Å². The first kappa shape index (κ1) is 19.4. The number of carbonyl (C=O) groups excluding carboxylic acids is 1. The average molecular weight is 377 g/mol. The van der Waals surface area contributed by atoms with E-state index in [1.807, 2.05) is 0 Å². The van der Waals surface area contributed by atoms with Gasteiger partial charge in [-0.2, -0.15) is 0 Å². The van der Waals surface area contributed by atoms with Gasteiger partial charge in [0.05, 0.1) is 9.82 Å². The molecule has 2 N–H and O–H groups in total. The van der Waals surface area contributed by atoms with Crippen LogP contribution in [0.15, 0.2) is 47.4 Å². The van der Waals surface area contributed by atoms with Crippen molar-refractivity contribution >= 4 is 27.1 Å². The first-order valence-corrected chi connectivity index (χ1v) is 9.65. The number of anilines is 1. The maximum atomic E-state index is 12.3. The molecule has 0 unspecified atom stereocenters. The van der Waals surface area contributed by atoms with Crippen molar-refractivity contribution in [1.82, 2.24) is 5.32 Å². The highest BCUT2D eigenvalue weighted by Gasteiger charge is 2.15. The molecule has 0 radical (unpaired) electrons. The first-order chi connectivity index (χ1) is 12.2. The Morgan fingerprint density at radius 1 is 1.15 bits per heavy atom. The normalized spacial score (nSPS) is 11.0. The molecule has 0 atom stereocenters. The predicted molar refractivity (Wildman–Crippen MR) is 98.2 cm³/mol. The van der Waals surface area contributed by atoms with Crippen molar-refractivity contribution in [2.75, 3.05) is 24.7 Å². The van der Waals surface area contributed by atoms with E-state index in [2.05, 4.69) is 10.6 Å². The summed E-state index contributed by atoms with van der Waals surface area (Å²) in [7, 11) is -3.41. The molecule has 0 heterocycles. The lowest BCUT2D eigenvalue weighted by atomic mass is 10.1. The molecular weight excluding hydrogens is 358 g/mol. The van der Waals surface area contributed by atoms with Crippen LogP contribution in [0.1, 0.15) is 15.9 Å². The third kappa shape index (κ3) is 4.79. The topological polar surface area (TPSA) is 118 Å². The third-order valence-electron chi connectivity index (χ3n) is 3.71. The summed E-state index contributed by atoms with van der Waals surface area (Å²) in [6.07, 6.45) is 1.08. The van der Waals surface area contributed by atoms with Gasteiger partial charge in [-0.3, -0.25) is 14.9 Å². The van der Waals surface area contributed by atoms with Gasteiger partial charge in [0.1, 0.15) is 5.69 Å². The molecule has 0 bridgehead atoms. The molecule has 2 aromatic rings. The number of hydrogen-bond donors (Lipinski definition) is 2. The molecule has 2 rings (SSSR count).